The number of anilines is 1. The Labute approximate surface area is 123 Å². The second kappa shape index (κ2) is 7.47. The van der Waals surface area contributed by atoms with Crippen molar-refractivity contribution in [3.63, 3.8) is 0 Å². The molecule has 1 unspecified atom stereocenters. The van der Waals surface area contributed by atoms with Crippen molar-refractivity contribution in [1.82, 2.24) is 5.32 Å². The number of halogens is 1. The largest absolute Gasteiger partial charge is 0.492 e. The van der Waals surface area contributed by atoms with E-state index in [1.54, 1.807) is 18.2 Å². The van der Waals surface area contributed by atoms with E-state index in [1.165, 1.54) is 0 Å². The van der Waals surface area contributed by atoms with Crippen LogP contribution >= 0.6 is 11.6 Å². The highest BCUT2D eigenvalue weighted by Gasteiger charge is 2.21. The molecule has 0 saturated carbocycles. The number of rotatable bonds is 5. The van der Waals surface area contributed by atoms with Crippen molar-refractivity contribution >= 4 is 23.2 Å². The van der Waals surface area contributed by atoms with E-state index in [4.69, 9.17) is 21.1 Å². The summed E-state index contributed by atoms with van der Waals surface area (Å²) >= 11 is 6.12. The van der Waals surface area contributed by atoms with Crippen molar-refractivity contribution in [3.05, 3.63) is 23.2 Å². The maximum atomic E-state index is 12.0. The number of nitrogens with one attached hydrogen (secondary N) is 2. The van der Waals surface area contributed by atoms with Crippen LogP contribution in [-0.2, 0) is 9.53 Å². The number of amides is 1. The maximum absolute atomic E-state index is 12.0. The zero-order valence-corrected chi connectivity index (χ0v) is 12.2. The number of hydrogen-bond acceptors (Lipinski definition) is 4. The summed E-state index contributed by atoms with van der Waals surface area (Å²) in [5.41, 5.74) is 0.649. The lowest BCUT2D eigenvalue weighted by Gasteiger charge is -2.23. The minimum absolute atomic E-state index is 0.122. The fraction of sp³-hybridized carbons (Fsp3) is 0.500. The van der Waals surface area contributed by atoms with Gasteiger partial charge in [-0.2, -0.15) is 0 Å². The van der Waals surface area contributed by atoms with Crippen LogP contribution < -0.4 is 15.4 Å². The molecule has 1 aromatic carbocycles. The van der Waals surface area contributed by atoms with Crippen molar-refractivity contribution in [2.24, 2.45) is 0 Å². The highest BCUT2D eigenvalue weighted by molar-refractivity contribution is 6.32. The Balaban J connectivity index is 1.95. The summed E-state index contributed by atoms with van der Waals surface area (Å²) in [4.78, 5) is 12.0. The first-order chi connectivity index (χ1) is 9.70. The normalized spacial score (nSPS) is 18.6. The van der Waals surface area contributed by atoms with Gasteiger partial charge in [-0.25, -0.2) is 0 Å². The number of carbonyl (C=O) groups is 1. The third-order valence-electron chi connectivity index (χ3n) is 2.90. The molecule has 0 bridgehead atoms. The molecule has 1 fully saturated rings. The van der Waals surface area contributed by atoms with Gasteiger partial charge in [-0.3, -0.25) is 4.79 Å². The van der Waals surface area contributed by atoms with Crippen LogP contribution in [-0.4, -0.2) is 38.3 Å². The molecule has 1 amide bonds. The van der Waals surface area contributed by atoms with Crippen molar-refractivity contribution in [3.8, 4) is 5.75 Å². The monoisotopic (exact) mass is 298 g/mol. The van der Waals surface area contributed by atoms with Gasteiger partial charge in [0.05, 0.1) is 24.8 Å². The van der Waals surface area contributed by atoms with Crippen LogP contribution in [0.2, 0.25) is 5.02 Å². The molecule has 6 heteroatoms. The molecule has 0 radical (unpaired) electrons. The third kappa shape index (κ3) is 4.10. The van der Waals surface area contributed by atoms with Crippen LogP contribution in [0.3, 0.4) is 0 Å². The molecule has 1 aliphatic rings. The molecular weight excluding hydrogens is 280 g/mol. The number of morpholine rings is 1. The fourth-order valence-electron chi connectivity index (χ4n) is 1.87. The van der Waals surface area contributed by atoms with Gasteiger partial charge in [0.2, 0.25) is 5.91 Å². The van der Waals surface area contributed by atoms with Gasteiger partial charge in [0.1, 0.15) is 11.8 Å². The average Bonchev–Trinajstić information content (AvgIpc) is 2.47. The SMILES string of the molecule is CCCOc1ccc(NC(=O)C2COCCN2)cc1Cl. The molecule has 2 rings (SSSR count). The molecule has 20 heavy (non-hydrogen) atoms. The minimum atomic E-state index is -0.321. The zero-order valence-electron chi connectivity index (χ0n) is 11.4. The van der Waals surface area contributed by atoms with Crippen molar-refractivity contribution < 1.29 is 14.3 Å². The predicted octanol–water partition coefficient (Wildman–Crippen LogP) is 2.06. The summed E-state index contributed by atoms with van der Waals surface area (Å²) in [5.74, 6) is 0.508. The second-order valence-corrected chi connectivity index (χ2v) is 4.97. The lowest BCUT2D eigenvalue weighted by molar-refractivity contribution is -0.120. The van der Waals surface area contributed by atoms with E-state index < -0.39 is 0 Å². The van der Waals surface area contributed by atoms with Crippen LogP contribution in [0.15, 0.2) is 18.2 Å². The van der Waals surface area contributed by atoms with Gasteiger partial charge in [-0.05, 0) is 24.6 Å². The number of carbonyl (C=O) groups excluding carboxylic acids is 1. The molecule has 0 spiro atoms. The molecule has 110 valence electrons. The molecule has 1 heterocycles. The molecule has 0 aliphatic carbocycles. The van der Waals surface area contributed by atoms with E-state index in [1.807, 2.05) is 6.92 Å². The zero-order chi connectivity index (χ0) is 14.4. The highest BCUT2D eigenvalue weighted by Crippen LogP contribution is 2.27. The number of ether oxygens (including phenoxy) is 2. The van der Waals surface area contributed by atoms with Gasteiger partial charge in [0.25, 0.3) is 0 Å². The molecule has 5 nitrogen and oxygen atoms in total. The molecule has 0 aromatic heterocycles. The Morgan fingerprint density at radius 2 is 2.45 bits per heavy atom. The van der Waals surface area contributed by atoms with Crippen LogP contribution in [0.1, 0.15) is 13.3 Å². The van der Waals surface area contributed by atoms with E-state index in [-0.39, 0.29) is 11.9 Å². The average molecular weight is 299 g/mol. The first kappa shape index (κ1) is 15.1. The lowest BCUT2D eigenvalue weighted by Crippen LogP contribution is -2.48. The molecule has 1 aliphatic heterocycles. The van der Waals surface area contributed by atoms with E-state index in [9.17, 15) is 4.79 Å². The summed E-state index contributed by atoms with van der Waals surface area (Å²) in [5, 5.41) is 6.40. The topological polar surface area (TPSA) is 59.6 Å². The lowest BCUT2D eigenvalue weighted by atomic mass is 10.2. The molecule has 1 atom stereocenters. The standard InChI is InChI=1S/C14H19ClN2O3/c1-2-6-20-13-4-3-10(8-11(13)15)17-14(18)12-9-19-7-5-16-12/h3-4,8,12,16H,2,5-7,9H2,1H3,(H,17,18). The minimum Gasteiger partial charge on any atom is -0.492 e. The van der Waals surface area contributed by atoms with E-state index >= 15 is 0 Å². The Morgan fingerprint density at radius 3 is 3.10 bits per heavy atom. The van der Waals surface area contributed by atoms with Crippen molar-refractivity contribution in [1.29, 1.82) is 0 Å². The highest BCUT2D eigenvalue weighted by atomic mass is 35.5. The van der Waals surface area contributed by atoms with Crippen LogP contribution in [0.5, 0.6) is 5.75 Å². The summed E-state index contributed by atoms with van der Waals surface area (Å²) in [6.07, 6.45) is 0.919. The van der Waals surface area contributed by atoms with Crippen LogP contribution in [0.4, 0.5) is 5.69 Å². The summed E-state index contributed by atoms with van der Waals surface area (Å²) < 4.78 is 10.7. The Bertz CT molecular complexity index is 462. The van der Waals surface area contributed by atoms with Gasteiger partial charge in [0, 0.05) is 12.2 Å². The Hall–Kier alpha value is -1.30. The van der Waals surface area contributed by atoms with Crippen LogP contribution in [0, 0.1) is 0 Å². The molecule has 1 aromatic rings. The van der Waals surface area contributed by atoms with Gasteiger partial charge in [-0.15, -0.1) is 0 Å². The Morgan fingerprint density at radius 1 is 1.60 bits per heavy atom. The predicted molar refractivity (Wildman–Crippen MR) is 78.5 cm³/mol. The van der Waals surface area contributed by atoms with Gasteiger partial charge in [0.15, 0.2) is 0 Å². The summed E-state index contributed by atoms with van der Waals surface area (Å²) in [6.45, 7) is 4.36. The first-order valence-electron chi connectivity index (χ1n) is 6.75. The Kier molecular flexibility index (Phi) is 5.64. The fourth-order valence-corrected chi connectivity index (χ4v) is 2.11. The summed E-state index contributed by atoms with van der Waals surface area (Å²) in [6, 6.07) is 4.91. The molecular formula is C14H19ClN2O3. The van der Waals surface area contributed by atoms with E-state index in [0.717, 1.165) is 6.42 Å². The first-order valence-corrected chi connectivity index (χ1v) is 7.13. The van der Waals surface area contributed by atoms with E-state index in [0.29, 0.717) is 42.8 Å². The van der Waals surface area contributed by atoms with Crippen molar-refractivity contribution in [2.45, 2.75) is 19.4 Å². The van der Waals surface area contributed by atoms with Gasteiger partial charge < -0.3 is 20.1 Å². The molecule has 1 saturated heterocycles. The van der Waals surface area contributed by atoms with Gasteiger partial charge in [-0.1, -0.05) is 18.5 Å². The summed E-state index contributed by atoms with van der Waals surface area (Å²) in [7, 11) is 0. The maximum Gasteiger partial charge on any atom is 0.243 e. The smallest absolute Gasteiger partial charge is 0.243 e. The van der Waals surface area contributed by atoms with Crippen molar-refractivity contribution in [2.75, 3.05) is 31.7 Å². The van der Waals surface area contributed by atoms with Crippen LogP contribution in [0.25, 0.3) is 0 Å². The second-order valence-electron chi connectivity index (χ2n) is 4.56. The number of benzene rings is 1. The van der Waals surface area contributed by atoms with Gasteiger partial charge >= 0.3 is 0 Å². The third-order valence-corrected chi connectivity index (χ3v) is 3.19. The van der Waals surface area contributed by atoms with E-state index in [2.05, 4.69) is 10.6 Å². The quantitative estimate of drug-likeness (QED) is 0.873. The number of hydrogen-bond donors (Lipinski definition) is 2. The molecule has 2 N–H and O–H groups in total.